The average molecular weight is 459 g/mol. The lowest BCUT2D eigenvalue weighted by Gasteiger charge is -2.29. The van der Waals surface area contributed by atoms with E-state index in [-0.39, 0.29) is 23.0 Å². The third-order valence-corrected chi connectivity index (χ3v) is 5.70. The summed E-state index contributed by atoms with van der Waals surface area (Å²) < 4.78 is 56.0. The maximum absolute atomic E-state index is 14.4. The molecule has 9 heteroatoms. The Morgan fingerprint density at radius 1 is 1.12 bits per heavy atom. The van der Waals surface area contributed by atoms with E-state index >= 15 is 0 Å². The fourth-order valence-electron chi connectivity index (χ4n) is 3.93. The number of hydrogen-bond acceptors (Lipinski definition) is 3. The van der Waals surface area contributed by atoms with E-state index in [1.54, 1.807) is 19.1 Å². The number of para-hydroxylation sites is 1. The van der Waals surface area contributed by atoms with Gasteiger partial charge in [0.2, 0.25) is 5.43 Å². The normalized spacial score (nSPS) is 14.7. The number of carbonyl (C=O) groups excluding carboxylic acids is 1. The fraction of sp³-hybridized carbons (Fsp3) is 0.292. The second-order valence-corrected chi connectivity index (χ2v) is 8.07. The number of carbonyl (C=O) groups is 1. The monoisotopic (exact) mass is 459 g/mol. The van der Waals surface area contributed by atoms with Gasteiger partial charge in [0.1, 0.15) is 5.82 Å². The lowest BCUT2D eigenvalue weighted by molar-refractivity contribution is -0.137. The van der Waals surface area contributed by atoms with Crippen molar-refractivity contribution < 1.29 is 22.4 Å². The van der Waals surface area contributed by atoms with Gasteiger partial charge >= 0.3 is 6.18 Å². The number of rotatable bonds is 5. The second-order valence-electron chi connectivity index (χ2n) is 8.07. The molecule has 1 fully saturated rings. The zero-order valence-corrected chi connectivity index (χ0v) is 17.9. The summed E-state index contributed by atoms with van der Waals surface area (Å²) >= 11 is 0. The van der Waals surface area contributed by atoms with E-state index in [0.717, 1.165) is 16.8 Å². The lowest BCUT2D eigenvalue weighted by atomic mass is 10.1. The molecule has 1 aliphatic rings. The molecule has 0 aliphatic heterocycles. The van der Waals surface area contributed by atoms with Crippen LogP contribution in [0.5, 0.6) is 0 Å². The minimum atomic E-state index is -4.66. The Hall–Kier alpha value is -3.49. The molecule has 0 unspecified atom stereocenters. The molecule has 4 rings (SSSR count). The Balaban J connectivity index is 1.81. The molecule has 0 N–H and O–H groups in total. The molecule has 3 aromatic rings. The highest BCUT2D eigenvalue weighted by molar-refractivity contribution is 5.93. The van der Waals surface area contributed by atoms with Gasteiger partial charge in [-0.05, 0) is 44.9 Å². The van der Waals surface area contributed by atoms with Gasteiger partial charge in [0.05, 0.1) is 17.3 Å². The smallest absolute Gasteiger partial charge is 0.327 e. The van der Waals surface area contributed by atoms with E-state index in [4.69, 9.17) is 0 Å². The summed E-state index contributed by atoms with van der Waals surface area (Å²) in [5.41, 5.74) is -2.02. The summed E-state index contributed by atoms with van der Waals surface area (Å²) in [4.78, 5) is 27.6. The van der Waals surface area contributed by atoms with Crippen LogP contribution in [0.25, 0.3) is 5.69 Å². The van der Waals surface area contributed by atoms with Crippen LogP contribution in [-0.2, 0) is 6.18 Å². The molecule has 172 valence electrons. The molecule has 1 aliphatic carbocycles. The van der Waals surface area contributed by atoms with Crippen LogP contribution in [-0.4, -0.2) is 26.6 Å². The minimum absolute atomic E-state index is 0.147. The Morgan fingerprint density at radius 3 is 2.39 bits per heavy atom. The number of benzene rings is 2. The van der Waals surface area contributed by atoms with E-state index in [2.05, 4.69) is 5.10 Å². The van der Waals surface area contributed by atoms with Gasteiger partial charge in [0.15, 0.2) is 5.69 Å². The molecule has 1 atom stereocenters. The zero-order valence-electron chi connectivity index (χ0n) is 17.9. The predicted molar refractivity (Wildman–Crippen MR) is 114 cm³/mol. The summed E-state index contributed by atoms with van der Waals surface area (Å²) in [5, 5.41) is 4.06. The van der Waals surface area contributed by atoms with E-state index in [1.807, 2.05) is 0 Å². The third-order valence-electron chi connectivity index (χ3n) is 5.70. The Labute approximate surface area is 187 Å². The SMILES string of the molecule is Cc1cc(=O)c(C(=O)N(C2CC2)[C@@H](C)c2ccccc2F)nn1-c1ccccc1C(F)(F)F. The Kier molecular flexibility index (Phi) is 5.82. The summed E-state index contributed by atoms with van der Waals surface area (Å²) in [6, 6.07) is 11.0. The number of halogens is 4. The first kappa shape index (κ1) is 22.7. The Morgan fingerprint density at radius 2 is 1.76 bits per heavy atom. The topological polar surface area (TPSA) is 55.2 Å². The maximum Gasteiger partial charge on any atom is 0.418 e. The van der Waals surface area contributed by atoms with E-state index in [9.17, 15) is 27.2 Å². The molecule has 1 heterocycles. The summed E-state index contributed by atoms with van der Waals surface area (Å²) in [5.74, 6) is -1.23. The number of hydrogen-bond donors (Lipinski definition) is 0. The highest BCUT2D eigenvalue weighted by atomic mass is 19.4. The number of aryl methyl sites for hydroxylation is 1. The van der Waals surface area contributed by atoms with Gasteiger partial charge in [0, 0.05) is 23.4 Å². The molecule has 1 amide bonds. The first-order chi connectivity index (χ1) is 15.6. The van der Waals surface area contributed by atoms with E-state index in [0.29, 0.717) is 12.8 Å². The number of amides is 1. The van der Waals surface area contributed by atoms with Crippen molar-refractivity contribution in [2.75, 3.05) is 0 Å². The average Bonchev–Trinajstić information content (AvgIpc) is 3.58. The van der Waals surface area contributed by atoms with E-state index < -0.39 is 40.6 Å². The van der Waals surface area contributed by atoms with E-state index in [1.165, 1.54) is 42.2 Å². The molecular weight excluding hydrogens is 438 g/mol. The van der Waals surface area contributed by atoms with Gasteiger partial charge in [-0.3, -0.25) is 9.59 Å². The molecule has 0 spiro atoms. The molecule has 2 aromatic carbocycles. The van der Waals surface area contributed by atoms with Crippen LogP contribution in [0, 0.1) is 12.7 Å². The van der Waals surface area contributed by atoms with Crippen molar-refractivity contribution in [1.29, 1.82) is 0 Å². The van der Waals surface area contributed by atoms with Crippen LogP contribution in [0.3, 0.4) is 0 Å². The van der Waals surface area contributed by atoms with Gasteiger partial charge in [-0.2, -0.15) is 18.3 Å². The maximum atomic E-state index is 14.4. The van der Waals surface area contributed by atoms with Crippen LogP contribution < -0.4 is 5.43 Å². The largest absolute Gasteiger partial charge is 0.418 e. The first-order valence-corrected chi connectivity index (χ1v) is 10.4. The molecule has 33 heavy (non-hydrogen) atoms. The molecular formula is C24H21F4N3O2. The van der Waals surface area contributed by atoms with Crippen molar-refractivity contribution in [2.45, 2.75) is 44.9 Å². The molecule has 0 saturated heterocycles. The lowest BCUT2D eigenvalue weighted by Crippen LogP contribution is -2.39. The van der Waals surface area contributed by atoms with Crippen molar-refractivity contribution in [3.05, 3.63) is 93.2 Å². The van der Waals surface area contributed by atoms with Crippen molar-refractivity contribution in [1.82, 2.24) is 14.7 Å². The molecule has 1 saturated carbocycles. The molecule has 1 aromatic heterocycles. The van der Waals surface area contributed by atoms with Gasteiger partial charge in [0.25, 0.3) is 5.91 Å². The number of aromatic nitrogens is 2. The van der Waals surface area contributed by atoms with Gasteiger partial charge < -0.3 is 4.90 Å². The van der Waals surface area contributed by atoms with Crippen LogP contribution in [0.15, 0.2) is 59.4 Å². The van der Waals surface area contributed by atoms with Crippen LogP contribution >= 0.6 is 0 Å². The minimum Gasteiger partial charge on any atom is -0.327 e. The third kappa shape index (κ3) is 4.40. The van der Waals surface area contributed by atoms with Crippen LogP contribution in [0.1, 0.15) is 53.1 Å². The first-order valence-electron chi connectivity index (χ1n) is 10.4. The van der Waals surface area contributed by atoms with Gasteiger partial charge in [-0.15, -0.1) is 0 Å². The summed E-state index contributed by atoms with van der Waals surface area (Å²) in [6.45, 7) is 3.09. The van der Waals surface area contributed by atoms with Crippen molar-refractivity contribution in [2.24, 2.45) is 0 Å². The fourth-order valence-corrected chi connectivity index (χ4v) is 3.93. The summed E-state index contributed by atoms with van der Waals surface area (Å²) in [6.07, 6.45) is -3.29. The van der Waals surface area contributed by atoms with Crippen LogP contribution in [0.4, 0.5) is 17.6 Å². The molecule has 0 bridgehead atoms. The quantitative estimate of drug-likeness (QED) is 0.501. The predicted octanol–water partition coefficient (Wildman–Crippen LogP) is 5.06. The molecule has 0 radical (unpaired) electrons. The highest BCUT2D eigenvalue weighted by Crippen LogP contribution is 2.36. The molecule has 5 nitrogen and oxygen atoms in total. The van der Waals surface area contributed by atoms with Gasteiger partial charge in [-0.25, -0.2) is 9.07 Å². The van der Waals surface area contributed by atoms with Crippen molar-refractivity contribution in [3.8, 4) is 5.69 Å². The van der Waals surface area contributed by atoms with Crippen LogP contribution in [0.2, 0.25) is 0 Å². The highest BCUT2D eigenvalue weighted by Gasteiger charge is 2.39. The number of nitrogens with zero attached hydrogens (tertiary/aromatic N) is 3. The number of alkyl halides is 3. The zero-order chi connectivity index (χ0) is 23.9. The summed E-state index contributed by atoms with van der Waals surface area (Å²) in [7, 11) is 0. The van der Waals surface area contributed by atoms with Gasteiger partial charge in [-0.1, -0.05) is 30.3 Å². The van der Waals surface area contributed by atoms with Crippen molar-refractivity contribution in [3.63, 3.8) is 0 Å². The standard InChI is InChI=1S/C24H21F4N3O2/c1-14-13-21(32)22(29-31(14)20-10-6-4-8-18(20)24(26,27)28)23(33)30(16-11-12-16)15(2)17-7-3-5-9-19(17)25/h3-10,13,15-16H,11-12H2,1-2H3/t15-/m0/s1. The second kappa shape index (κ2) is 8.46. The Bertz CT molecular complexity index is 1270. The van der Waals surface area contributed by atoms with Crippen molar-refractivity contribution >= 4 is 5.91 Å².